The Hall–Kier alpha value is -1.60. The molecule has 1 saturated heterocycles. The van der Waals surface area contributed by atoms with Crippen LogP contribution in [0.25, 0.3) is 0 Å². The molecule has 24 heavy (non-hydrogen) atoms. The Kier molecular flexibility index (Phi) is 8.21. The van der Waals surface area contributed by atoms with E-state index in [2.05, 4.69) is 15.6 Å². The third-order valence-electron chi connectivity index (χ3n) is 3.97. The summed E-state index contributed by atoms with van der Waals surface area (Å²) in [5.74, 6) is 1.28. The molecule has 1 atom stereocenters. The first kappa shape index (κ1) is 20.4. The molecule has 1 fully saturated rings. The van der Waals surface area contributed by atoms with Crippen LogP contribution in [0.2, 0.25) is 0 Å². The molecular formula is C16H28ClN5O2. The lowest BCUT2D eigenvalue weighted by Gasteiger charge is -2.35. The molecule has 2 N–H and O–H groups in total. The molecule has 8 heteroatoms. The predicted octanol–water partition coefficient (Wildman–Crippen LogP) is 0.867. The van der Waals surface area contributed by atoms with Crippen LogP contribution in [0, 0.1) is 5.92 Å². The lowest BCUT2D eigenvalue weighted by atomic mass is 10.1. The molecule has 2 amide bonds. The number of piperazine rings is 1. The quantitative estimate of drug-likeness (QED) is 0.791. The molecule has 0 aliphatic carbocycles. The highest BCUT2D eigenvalue weighted by Gasteiger charge is 2.29. The number of carbonyl (C=O) groups is 2. The van der Waals surface area contributed by atoms with Crippen LogP contribution in [-0.2, 0) is 16.6 Å². The molecule has 0 spiro atoms. The van der Waals surface area contributed by atoms with E-state index in [1.165, 1.54) is 0 Å². The fourth-order valence-corrected chi connectivity index (χ4v) is 2.83. The van der Waals surface area contributed by atoms with Crippen LogP contribution in [0.1, 0.15) is 38.6 Å². The summed E-state index contributed by atoms with van der Waals surface area (Å²) in [7, 11) is 1.94. The highest BCUT2D eigenvalue weighted by Crippen LogP contribution is 2.21. The normalized spacial score (nSPS) is 17.5. The van der Waals surface area contributed by atoms with Gasteiger partial charge in [-0.1, -0.05) is 13.8 Å². The minimum atomic E-state index is -0.0531. The number of amides is 2. The van der Waals surface area contributed by atoms with E-state index in [-0.39, 0.29) is 30.3 Å². The van der Waals surface area contributed by atoms with Gasteiger partial charge in [0.1, 0.15) is 11.9 Å². The Morgan fingerprint density at radius 3 is 2.83 bits per heavy atom. The predicted molar refractivity (Wildman–Crippen MR) is 94.9 cm³/mol. The highest BCUT2D eigenvalue weighted by atomic mass is 35.5. The fourth-order valence-electron chi connectivity index (χ4n) is 2.83. The van der Waals surface area contributed by atoms with Crippen molar-refractivity contribution < 1.29 is 9.59 Å². The Balaban J connectivity index is 0.00000288. The monoisotopic (exact) mass is 357 g/mol. The lowest BCUT2D eigenvalue weighted by Crippen LogP contribution is -2.50. The molecule has 0 bridgehead atoms. The number of carbonyl (C=O) groups excluding carboxylic acids is 2. The average Bonchev–Trinajstić information content (AvgIpc) is 2.92. The number of hydrogen-bond acceptors (Lipinski definition) is 4. The van der Waals surface area contributed by atoms with Gasteiger partial charge in [-0.05, 0) is 5.92 Å². The number of hydrogen-bond donors (Lipinski definition) is 2. The molecule has 2 heterocycles. The zero-order valence-corrected chi connectivity index (χ0v) is 15.4. The topological polar surface area (TPSA) is 79.3 Å². The Labute approximate surface area is 149 Å². The van der Waals surface area contributed by atoms with Gasteiger partial charge in [0.25, 0.3) is 0 Å². The molecule has 2 rings (SSSR count). The molecule has 1 aromatic heterocycles. The summed E-state index contributed by atoms with van der Waals surface area (Å²) in [6, 6.07) is -0.0531. The van der Waals surface area contributed by atoms with Crippen molar-refractivity contribution in [2.24, 2.45) is 13.0 Å². The van der Waals surface area contributed by atoms with E-state index >= 15 is 0 Å². The molecule has 1 aliphatic rings. The Bertz CT molecular complexity index is 546. The summed E-state index contributed by atoms with van der Waals surface area (Å²) in [6.07, 6.45) is 4.46. The zero-order chi connectivity index (χ0) is 16.8. The lowest BCUT2D eigenvalue weighted by molar-refractivity contribution is -0.134. The van der Waals surface area contributed by atoms with Crippen molar-refractivity contribution >= 4 is 24.2 Å². The van der Waals surface area contributed by atoms with E-state index < -0.39 is 0 Å². The minimum Gasteiger partial charge on any atom is -0.356 e. The van der Waals surface area contributed by atoms with Crippen molar-refractivity contribution in [3.8, 4) is 0 Å². The summed E-state index contributed by atoms with van der Waals surface area (Å²) in [5.41, 5.74) is 0. The molecule has 0 radical (unpaired) electrons. The molecule has 136 valence electrons. The van der Waals surface area contributed by atoms with Crippen LogP contribution in [0.5, 0.6) is 0 Å². The molecule has 0 aromatic carbocycles. The van der Waals surface area contributed by atoms with Crippen molar-refractivity contribution in [3.05, 3.63) is 18.2 Å². The van der Waals surface area contributed by atoms with Crippen LogP contribution in [-0.4, -0.2) is 52.4 Å². The third kappa shape index (κ3) is 5.49. The maximum absolute atomic E-state index is 12.5. The van der Waals surface area contributed by atoms with Gasteiger partial charge < -0.3 is 20.1 Å². The molecule has 1 aromatic rings. The summed E-state index contributed by atoms with van der Waals surface area (Å²) < 4.78 is 1.95. The number of nitrogens with zero attached hydrogens (tertiary/aromatic N) is 3. The van der Waals surface area contributed by atoms with Crippen molar-refractivity contribution in [3.63, 3.8) is 0 Å². The highest BCUT2D eigenvalue weighted by molar-refractivity contribution is 5.85. The van der Waals surface area contributed by atoms with Crippen LogP contribution in [0.4, 0.5) is 0 Å². The van der Waals surface area contributed by atoms with Gasteiger partial charge in [0.05, 0.1) is 0 Å². The number of rotatable bonds is 6. The van der Waals surface area contributed by atoms with Gasteiger partial charge >= 0.3 is 0 Å². The van der Waals surface area contributed by atoms with E-state index in [0.29, 0.717) is 38.4 Å². The van der Waals surface area contributed by atoms with Gasteiger partial charge in [-0.2, -0.15) is 0 Å². The van der Waals surface area contributed by atoms with Crippen LogP contribution in [0.3, 0.4) is 0 Å². The minimum absolute atomic E-state index is 0. The van der Waals surface area contributed by atoms with Crippen LogP contribution >= 0.6 is 12.4 Å². The first-order valence-electron chi connectivity index (χ1n) is 8.23. The summed E-state index contributed by atoms with van der Waals surface area (Å²) >= 11 is 0. The van der Waals surface area contributed by atoms with Gasteiger partial charge in [-0.25, -0.2) is 4.98 Å². The molecular weight excluding hydrogens is 330 g/mol. The van der Waals surface area contributed by atoms with Crippen LogP contribution < -0.4 is 10.6 Å². The maximum Gasteiger partial charge on any atom is 0.225 e. The molecule has 1 aliphatic heterocycles. The largest absolute Gasteiger partial charge is 0.356 e. The van der Waals surface area contributed by atoms with Gasteiger partial charge in [0.2, 0.25) is 11.8 Å². The number of aromatic nitrogens is 2. The smallest absolute Gasteiger partial charge is 0.225 e. The van der Waals surface area contributed by atoms with E-state index in [1.54, 1.807) is 6.20 Å². The number of nitrogens with one attached hydrogen (secondary N) is 2. The van der Waals surface area contributed by atoms with Crippen molar-refractivity contribution in [1.29, 1.82) is 0 Å². The second-order valence-electron chi connectivity index (χ2n) is 6.40. The van der Waals surface area contributed by atoms with Crippen molar-refractivity contribution in [2.75, 3.05) is 26.2 Å². The van der Waals surface area contributed by atoms with Crippen molar-refractivity contribution in [2.45, 2.75) is 32.7 Å². The second-order valence-corrected chi connectivity index (χ2v) is 6.40. The van der Waals surface area contributed by atoms with E-state index in [4.69, 9.17) is 0 Å². The average molecular weight is 358 g/mol. The van der Waals surface area contributed by atoms with Gasteiger partial charge in [-0.3, -0.25) is 9.59 Å². The summed E-state index contributed by atoms with van der Waals surface area (Å²) in [6.45, 7) is 6.55. The molecule has 1 unspecified atom stereocenters. The summed E-state index contributed by atoms with van der Waals surface area (Å²) in [4.78, 5) is 30.4. The van der Waals surface area contributed by atoms with Crippen LogP contribution in [0.15, 0.2) is 12.4 Å². The van der Waals surface area contributed by atoms with E-state index in [9.17, 15) is 9.59 Å². The number of imidazole rings is 1. The van der Waals surface area contributed by atoms with E-state index in [0.717, 1.165) is 12.4 Å². The van der Waals surface area contributed by atoms with Crippen molar-refractivity contribution in [1.82, 2.24) is 25.1 Å². The standard InChI is InChI=1S/C16H27N5O2.ClH/c1-12(2)10-14(22)18-5-4-15(23)21-9-6-17-11-13(21)16-19-7-8-20(16)3;/h7-8,12-13,17H,4-6,9-11H2,1-3H3,(H,18,22);1H. The Morgan fingerprint density at radius 2 is 2.21 bits per heavy atom. The van der Waals surface area contributed by atoms with Gasteiger partial charge in [0.15, 0.2) is 0 Å². The first-order chi connectivity index (χ1) is 11.0. The van der Waals surface area contributed by atoms with Gasteiger partial charge in [0, 0.05) is 58.5 Å². The SMILES string of the molecule is CC(C)CC(=O)NCCC(=O)N1CCNCC1c1nccn1C.Cl. The third-order valence-corrected chi connectivity index (χ3v) is 3.97. The number of halogens is 1. The number of aryl methyl sites for hydroxylation is 1. The molecule has 0 saturated carbocycles. The van der Waals surface area contributed by atoms with Gasteiger partial charge in [-0.15, -0.1) is 12.4 Å². The second kappa shape index (κ2) is 9.64. The Morgan fingerprint density at radius 1 is 1.46 bits per heavy atom. The maximum atomic E-state index is 12.5. The molecule has 7 nitrogen and oxygen atoms in total. The first-order valence-corrected chi connectivity index (χ1v) is 8.23. The fraction of sp³-hybridized carbons (Fsp3) is 0.688. The zero-order valence-electron chi connectivity index (χ0n) is 14.6. The summed E-state index contributed by atoms with van der Waals surface area (Å²) in [5, 5.41) is 6.14. The van der Waals surface area contributed by atoms with E-state index in [1.807, 2.05) is 36.6 Å².